The lowest BCUT2D eigenvalue weighted by Gasteiger charge is -2.11. The third-order valence-electron chi connectivity index (χ3n) is 2.55. The fourth-order valence-electron chi connectivity index (χ4n) is 1.61. The van der Waals surface area contributed by atoms with Gasteiger partial charge in [0, 0.05) is 12.3 Å². The van der Waals surface area contributed by atoms with Gasteiger partial charge in [-0.05, 0) is 30.7 Å². The van der Waals surface area contributed by atoms with Crippen LogP contribution in [0.15, 0.2) is 36.5 Å². The number of aryl methyl sites for hydroxylation is 1. The molecule has 0 aliphatic carbocycles. The van der Waals surface area contributed by atoms with Gasteiger partial charge in [0.25, 0.3) is 0 Å². The molecule has 0 fully saturated rings. The van der Waals surface area contributed by atoms with Gasteiger partial charge in [-0.1, -0.05) is 6.07 Å². The first-order valence-corrected chi connectivity index (χ1v) is 5.73. The topological polar surface area (TPSA) is 81.2 Å². The summed E-state index contributed by atoms with van der Waals surface area (Å²) in [4.78, 5) is 3.98. The Hall–Kier alpha value is -2.56. The van der Waals surface area contributed by atoms with Crippen molar-refractivity contribution in [3.8, 4) is 17.2 Å². The van der Waals surface area contributed by atoms with Crippen LogP contribution >= 0.6 is 0 Å². The number of hydrogen-bond donors (Lipinski definition) is 2. The summed E-state index contributed by atoms with van der Waals surface area (Å²) in [6.45, 7) is 1.98. The van der Waals surface area contributed by atoms with Gasteiger partial charge in [-0.25, -0.2) is 0 Å². The second-order valence-electron chi connectivity index (χ2n) is 4.05. The Balaban J connectivity index is 2.30. The van der Waals surface area contributed by atoms with Gasteiger partial charge in [0.05, 0.1) is 7.11 Å². The van der Waals surface area contributed by atoms with Gasteiger partial charge in [0.2, 0.25) is 0 Å². The van der Waals surface area contributed by atoms with Crippen LogP contribution in [0.1, 0.15) is 11.3 Å². The van der Waals surface area contributed by atoms with Crippen LogP contribution in [0.3, 0.4) is 0 Å². The van der Waals surface area contributed by atoms with Gasteiger partial charge in [-0.15, -0.1) is 0 Å². The number of hydrogen-bond acceptors (Lipinski definition) is 4. The molecule has 0 aliphatic heterocycles. The maximum Gasteiger partial charge on any atom is 0.169 e. The number of methoxy groups -OCH3 is 1. The van der Waals surface area contributed by atoms with Crippen molar-refractivity contribution in [2.75, 3.05) is 7.11 Å². The highest BCUT2D eigenvalue weighted by Gasteiger charge is 2.07. The van der Waals surface area contributed by atoms with Crippen LogP contribution in [0.5, 0.6) is 17.2 Å². The molecule has 5 nitrogen and oxygen atoms in total. The van der Waals surface area contributed by atoms with Gasteiger partial charge >= 0.3 is 0 Å². The highest BCUT2D eigenvalue weighted by Crippen LogP contribution is 2.32. The largest absolute Gasteiger partial charge is 0.493 e. The molecule has 0 spiro atoms. The van der Waals surface area contributed by atoms with Crippen molar-refractivity contribution in [3.05, 3.63) is 47.8 Å². The molecule has 0 bridgehead atoms. The van der Waals surface area contributed by atoms with E-state index in [4.69, 9.17) is 20.6 Å². The van der Waals surface area contributed by atoms with Gasteiger partial charge in [-0.2, -0.15) is 0 Å². The quantitative estimate of drug-likeness (QED) is 0.651. The fourth-order valence-corrected chi connectivity index (χ4v) is 1.61. The number of nitrogen functional groups attached to an aromatic ring is 1. The Labute approximate surface area is 111 Å². The maximum absolute atomic E-state index is 7.35. The van der Waals surface area contributed by atoms with Gasteiger partial charge in [0.15, 0.2) is 11.5 Å². The molecule has 98 valence electrons. The fraction of sp³-hybridized carbons (Fsp3) is 0.143. The second kappa shape index (κ2) is 5.39. The molecule has 2 rings (SSSR count). The third kappa shape index (κ3) is 3.01. The Morgan fingerprint density at radius 3 is 2.68 bits per heavy atom. The number of benzene rings is 1. The number of ether oxygens (including phenoxy) is 2. The first-order chi connectivity index (χ1) is 9.10. The van der Waals surface area contributed by atoms with E-state index in [0.717, 1.165) is 5.56 Å². The molecule has 3 N–H and O–H groups in total. The predicted molar refractivity (Wildman–Crippen MR) is 73.1 cm³/mol. The van der Waals surface area contributed by atoms with Crippen molar-refractivity contribution in [3.63, 3.8) is 0 Å². The first kappa shape index (κ1) is 12.9. The summed E-state index contributed by atoms with van der Waals surface area (Å²) in [7, 11) is 1.59. The molecule has 5 heteroatoms. The summed E-state index contributed by atoms with van der Waals surface area (Å²) in [6, 6.07) is 8.97. The minimum absolute atomic E-state index is 0.0960. The molecule has 0 saturated heterocycles. The monoisotopic (exact) mass is 257 g/mol. The van der Waals surface area contributed by atoms with Crippen LogP contribution in [-0.4, -0.2) is 17.9 Å². The molecule has 0 aliphatic rings. The number of pyridine rings is 1. The smallest absolute Gasteiger partial charge is 0.169 e. The van der Waals surface area contributed by atoms with E-state index in [1.165, 1.54) is 0 Å². The summed E-state index contributed by atoms with van der Waals surface area (Å²) in [6.07, 6.45) is 1.55. The van der Waals surface area contributed by atoms with Crippen LogP contribution in [0.2, 0.25) is 0 Å². The normalized spacial score (nSPS) is 10.0. The van der Waals surface area contributed by atoms with E-state index in [1.807, 2.05) is 25.1 Å². The minimum Gasteiger partial charge on any atom is -0.493 e. The van der Waals surface area contributed by atoms with Gasteiger partial charge < -0.3 is 15.2 Å². The lowest BCUT2D eigenvalue weighted by atomic mass is 10.2. The van der Waals surface area contributed by atoms with E-state index >= 15 is 0 Å². The molecule has 2 aromatic rings. The number of amidine groups is 1. The standard InChI is InChI=1S/C14H15N3O2/c1-9-3-4-12(13(7-9)18-2)19-10-5-6-17-11(8-10)14(15)16/h3-8H,1-2H3,(H3,15,16). The molecular weight excluding hydrogens is 242 g/mol. The van der Waals surface area contributed by atoms with Crippen molar-refractivity contribution >= 4 is 5.84 Å². The molecule has 19 heavy (non-hydrogen) atoms. The minimum atomic E-state index is -0.0960. The molecule has 0 saturated carbocycles. The highest BCUT2D eigenvalue weighted by atomic mass is 16.5. The average Bonchev–Trinajstić information content (AvgIpc) is 2.41. The SMILES string of the molecule is COc1cc(C)ccc1Oc1ccnc(C(=N)N)c1. The first-order valence-electron chi connectivity index (χ1n) is 5.73. The van der Waals surface area contributed by atoms with Crippen LogP contribution in [-0.2, 0) is 0 Å². The summed E-state index contributed by atoms with van der Waals surface area (Å²) in [5.74, 6) is 1.72. The number of aromatic nitrogens is 1. The van der Waals surface area contributed by atoms with Crippen molar-refractivity contribution in [1.82, 2.24) is 4.98 Å². The van der Waals surface area contributed by atoms with E-state index in [2.05, 4.69) is 4.98 Å². The Morgan fingerprint density at radius 1 is 1.21 bits per heavy atom. The van der Waals surface area contributed by atoms with Crippen LogP contribution in [0.25, 0.3) is 0 Å². The Kier molecular flexibility index (Phi) is 3.66. The number of nitrogens with two attached hydrogens (primary N) is 1. The number of nitrogens with one attached hydrogen (secondary N) is 1. The summed E-state index contributed by atoms with van der Waals surface area (Å²) in [5.41, 5.74) is 6.86. The summed E-state index contributed by atoms with van der Waals surface area (Å²) < 4.78 is 11.0. The zero-order valence-corrected chi connectivity index (χ0v) is 10.8. The lowest BCUT2D eigenvalue weighted by molar-refractivity contribution is 0.378. The third-order valence-corrected chi connectivity index (χ3v) is 2.55. The molecular formula is C14H15N3O2. The molecule has 0 unspecified atom stereocenters. The molecule has 1 aromatic heterocycles. The zero-order chi connectivity index (χ0) is 13.8. The van der Waals surface area contributed by atoms with Crippen LogP contribution in [0.4, 0.5) is 0 Å². The van der Waals surface area contributed by atoms with E-state index in [-0.39, 0.29) is 5.84 Å². The number of nitrogens with zero attached hydrogens (tertiary/aromatic N) is 1. The van der Waals surface area contributed by atoms with Crippen molar-refractivity contribution in [1.29, 1.82) is 5.41 Å². The highest BCUT2D eigenvalue weighted by molar-refractivity contribution is 5.93. The molecule has 1 heterocycles. The van der Waals surface area contributed by atoms with E-state index < -0.39 is 0 Å². The summed E-state index contributed by atoms with van der Waals surface area (Å²) in [5, 5.41) is 7.35. The second-order valence-corrected chi connectivity index (χ2v) is 4.05. The molecule has 0 radical (unpaired) electrons. The molecule has 0 amide bonds. The molecule has 1 aromatic carbocycles. The van der Waals surface area contributed by atoms with E-state index in [9.17, 15) is 0 Å². The average molecular weight is 257 g/mol. The Morgan fingerprint density at radius 2 is 2.00 bits per heavy atom. The van der Waals surface area contributed by atoms with Crippen LogP contribution < -0.4 is 15.2 Å². The van der Waals surface area contributed by atoms with E-state index in [0.29, 0.717) is 22.9 Å². The zero-order valence-electron chi connectivity index (χ0n) is 10.8. The maximum atomic E-state index is 7.35. The summed E-state index contributed by atoms with van der Waals surface area (Å²) >= 11 is 0. The van der Waals surface area contributed by atoms with Crippen molar-refractivity contribution in [2.45, 2.75) is 6.92 Å². The van der Waals surface area contributed by atoms with Crippen molar-refractivity contribution < 1.29 is 9.47 Å². The predicted octanol–water partition coefficient (Wildman–Crippen LogP) is 2.47. The number of rotatable bonds is 4. The van der Waals surface area contributed by atoms with E-state index in [1.54, 1.807) is 25.4 Å². The van der Waals surface area contributed by atoms with Crippen LogP contribution in [0, 0.1) is 12.3 Å². The van der Waals surface area contributed by atoms with Gasteiger partial charge in [0.1, 0.15) is 17.3 Å². The molecule has 0 atom stereocenters. The Bertz CT molecular complexity index is 611. The van der Waals surface area contributed by atoms with Gasteiger partial charge in [-0.3, -0.25) is 10.4 Å². The van der Waals surface area contributed by atoms with Crippen molar-refractivity contribution in [2.24, 2.45) is 5.73 Å². The lowest BCUT2D eigenvalue weighted by Crippen LogP contribution is -2.12.